The number of ether oxygens (including phenoxy) is 2. The molecule has 36 heavy (non-hydrogen) atoms. The fourth-order valence-electron chi connectivity index (χ4n) is 3.77. The van der Waals surface area contributed by atoms with Crippen LogP contribution in [0.2, 0.25) is 0 Å². The van der Waals surface area contributed by atoms with E-state index in [1.807, 2.05) is 12.1 Å². The number of anilines is 2. The number of hydrogen-bond donors (Lipinski definition) is 2. The minimum atomic E-state index is -0.390. The number of esters is 1. The zero-order valence-corrected chi connectivity index (χ0v) is 22.4. The second-order valence-electron chi connectivity index (χ2n) is 7.92. The maximum absolute atomic E-state index is 12.7. The first-order valence-electron chi connectivity index (χ1n) is 11.5. The second kappa shape index (κ2) is 12.3. The van der Waals surface area contributed by atoms with Crippen molar-refractivity contribution in [2.24, 2.45) is 0 Å². The number of nitrogens with one attached hydrogen (secondary N) is 2. The predicted molar refractivity (Wildman–Crippen MR) is 142 cm³/mol. The highest BCUT2D eigenvalue weighted by molar-refractivity contribution is 8.01. The van der Waals surface area contributed by atoms with Crippen molar-refractivity contribution in [2.75, 3.05) is 30.1 Å². The van der Waals surface area contributed by atoms with Gasteiger partial charge in [0.25, 0.3) is 0 Å². The number of benzene rings is 1. The summed E-state index contributed by atoms with van der Waals surface area (Å²) in [6.45, 7) is 2.05. The van der Waals surface area contributed by atoms with Crippen LogP contribution in [0.5, 0.6) is 5.75 Å². The van der Waals surface area contributed by atoms with E-state index in [1.54, 1.807) is 26.2 Å². The van der Waals surface area contributed by atoms with Crippen molar-refractivity contribution in [1.82, 2.24) is 10.2 Å². The van der Waals surface area contributed by atoms with E-state index < -0.39 is 0 Å². The Balaban J connectivity index is 1.31. The Hall–Kier alpha value is -2.96. The van der Waals surface area contributed by atoms with Crippen LogP contribution in [-0.2, 0) is 33.6 Å². The van der Waals surface area contributed by atoms with Crippen LogP contribution in [0, 0.1) is 0 Å². The Morgan fingerprint density at radius 1 is 1.03 bits per heavy atom. The Morgan fingerprint density at radius 3 is 2.56 bits per heavy atom. The quantitative estimate of drug-likeness (QED) is 0.216. The molecule has 3 aromatic rings. The number of carbonyl (C=O) groups is 3. The van der Waals surface area contributed by atoms with Crippen LogP contribution >= 0.6 is 34.4 Å². The number of rotatable bonds is 10. The zero-order chi connectivity index (χ0) is 25.5. The van der Waals surface area contributed by atoms with Crippen molar-refractivity contribution in [3.05, 3.63) is 45.8 Å². The highest BCUT2D eigenvalue weighted by Crippen LogP contribution is 2.39. The van der Waals surface area contributed by atoms with Crippen molar-refractivity contribution in [3.8, 4) is 5.75 Å². The van der Waals surface area contributed by atoms with E-state index >= 15 is 0 Å². The van der Waals surface area contributed by atoms with E-state index in [0.717, 1.165) is 47.4 Å². The largest absolute Gasteiger partial charge is 0.497 e. The maximum atomic E-state index is 12.7. The number of fused-ring (bicyclic) bond motifs is 1. The number of hydrogen-bond acceptors (Lipinski definition) is 10. The highest BCUT2D eigenvalue weighted by Gasteiger charge is 2.27. The Morgan fingerprint density at radius 2 is 1.81 bits per heavy atom. The van der Waals surface area contributed by atoms with Crippen molar-refractivity contribution in [1.29, 1.82) is 0 Å². The van der Waals surface area contributed by atoms with Crippen LogP contribution in [0.15, 0.2) is 28.6 Å². The SMILES string of the molecule is CCOC(=O)c1c(NC(=O)CSc2nnc(NC(=O)Cc3ccc(OC)cc3)s2)sc2c1CCCC2. The number of thiophene rings is 1. The number of amides is 2. The molecule has 2 heterocycles. The molecule has 0 fully saturated rings. The summed E-state index contributed by atoms with van der Waals surface area (Å²) >= 11 is 3.88. The molecular formula is C24H26N4O5S3. The average molecular weight is 547 g/mol. The summed E-state index contributed by atoms with van der Waals surface area (Å²) in [5, 5.41) is 14.6. The molecule has 1 aromatic carbocycles. The van der Waals surface area contributed by atoms with Gasteiger partial charge in [0.2, 0.25) is 16.9 Å². The molecule has 0 saturated heterocycles. The van der Waals surface area contributed by atoms with Crippen molar-refractivity contribution in [3.63, 3.8) is 0 Å². The molecule has 0 saturated carbocycles. The zero-order valence-electron chi connectivity index (χ0n) is 19.9. The van der Waals surface area contributed by atoms with Crippen molar-refractivity contribution >= 4 is 62.4 Å². The molecular weight excluding hydrogens is 520 g/mol. The van der Waals surface area contributed by atoms with Gasteiger partial charge in [0.15, 0.2) is 4.34 Å². The smallest absolute Gasteiger partial charge is 0.341 e. The monoisotopic (exact) mass is 546 g/mol. The van der Waals surface area contributed by atoms with Crippen LogP contribution in [-0.4, -0.2) is 47.5 Å². The normalized spacial score (nSPS) is 12.5. The molecule has 0 radical (unpaired) electrons. The Kier molecular flexibility index (Phi) is 8.94. The molecule has 9 nitrogen and oxygen atoms in total. The lowest BCUT2D eigenvalue weighted by Gasteiger charge is -2.12. The molecule has 2 N–H and O–H groups in total. The number of nitrogens with zero attached hydrogens (tertiary/aromatic N) is 2. The summed E-state index contributed by atoms with van der Waals surface area (Å²) in [5.74, 6) is -0.0220. The average Bonchev–Trinajstić information content (AvgIpc) is 3.47. The minimum absolute atomic E-state index is 0.0965. The lowest BCUT2D eigenvalue weighted by atomic mass is 9.95. The van der Waals surface area contributed by atoms with E-state index in [2.05, 4.69) is 20.8 Å². The third kappa shape index (κ3) is 6.62. The van der Waals surface area contributed by atoms with Crippen molar-refractivity contribution in [2.45, 2.75) is 43.4 Å². The molecule has 4 rings (SSSR count). The third-order valence-electron chi connectivity index (χ3n) is 5.41. The molecule has 0 atom stereocenters. The van der Waals surface area contributed by atoms with Crippen LogP contribution in [0.3, 0.4) is 0 Å². The van der Waals surface area contributed by atoms with E-state index in [9.17, 15) is 14.4 Å². The maximum Gasteiger partial charge on any atom is 0.341 e. The molecule has 1 aliphatic rings. The minimum Gasteiger partial charge on any atom is -0.497 e. The molecule has 0 spiro atoms. The molecule has 0 unspecified atom stereocenters. The van der Waals surface area contributed by atoms with Crippen LogP contribution < -0.4 is 15.4 Å². The van der Waals surface area contributed by atoms with Gasteiger partial charge in [0, 0.05) is 4.88 Å². The summed E-state index contributed by atoms with van der Waals surface area (Å²) in [5.41, 5.74) is 2.35. The number of carbonyl (C=O) groups excluding carboxylic acids is 3. The molecule has 0 bridgehead atoms. The van der Waals surface area contributed by atoms with Gasteiger partial charge in [-0.1, -0.05) is 35.2 Å². The Labute approximate surface area is 221 Å². The van der Waals surface area contributed by atoms with E-state index in [-0.39, 0.29) is 36.6 Å². The lowest BCUT2D eigenvalue weighted by molar-refractivity contribution is -0.115. The van der Waals surface area contributed by atoms with E-state index in [4.69, 9.17) is 9.47 Å². The first-order valence-corrected chi connectivity index (χ1v) is 14.1. The number of aromatic nitrogens is 2. The fraction of sp³-hybridized carbons (Fsp3) is 0.375. The number of methoxy groups -OCH3 is 1. The molecule has 0 aliphatic heterocycles. The lowest BCUT2D eigenvalue weighted by Crippen LogP contribution is -2.17. The molecule has 1 aliphatic carbocycles. The van der Waals surface area contributed by atoms with Crippen LogP contribution in [0.25, 0.3) is 0 Å². The van der Waals surface area contributed by atoms with Gasteiger partial charge in [-0.15, -0.1) is 21.5 Å². The van der Waals surface area contributed by atoms with Crippen LogP contribution in [0.1, 0.15) is 46.1 Å². The first-order chi connectivity index (χ1) is 17.5. The van der Waals surface area contributed by atoms with Gasteiger partial charge in [0.1, 0.15) is 10.8 Å². The second-order valence-corrected chi connectivity index (χ2v) is 11.2. The van der Waals surface area contributed by atoms with Gasteiger partial charge in [-0.2, -0.15) is 0 Å². The van der Waals surface area contributed by atoms with Crippen molar-refractivity contribution < 1.29 is 23.9 Å². The fourth-order valence-corrected chi connectivity index (χ4v) is 6.64. The molecule has 2 aromatic heterocycles. The van der Waals surface area contributed by atoms with Gasteiger partial charge in [-0.25, -0.2) is 4.79 Å². The van der Waals surface area contributed by atoms with Gasteiger partial charge >= 0.3 is 5.97 Å². The van der Waals surface area contributed by atoms with E-state index in [0.29, 0.717) is 20.0 Å². The van der Waals surface area contributed by atoms with Crippen LogP contribution in [0.4, 0.5) is 10.1 Å². The Bertz CT molecular complexity index is 1240. The summed E-state index contributed by atoms with van der Waals surface area (Å²) in [6, 6.07) is 7.26. The number of thioether (sulfide) groups is 1. The van der Waals surface area contributed by atoms with Gasteiger partial charge in [0.05, 0.1) is 31.5 Å². The topological polar surface area (TPSA) is 120 Å². The van der Waals surface area contributed by atoms with Gasteiger partial charge in [-0.3, -0.25) is 9.59 Å². The summed E-state index contributed by atoms with van der Waals surface area (Å²) in [6.07, 6.45) is 4.03. The van der Waals surface area contributed by atoms with Gasteiger partial charge < -0.3 is 20.1 Å². The standard InChI is InChI=1S/C24H26N4O5S3/c1-3-33-22(31)20-16-6-4-5-7-17(16)35-21(20)25-19(30)13-34-24-28-27-23(36-24)26-18(29)12-14-8-10-15(32-2)11-9-14/h8-11H,3-7,12-13H2,1-2H3,(H,25,30)(H,26,27,29). The van der Waals surface area contributed by atoms with E-state index in [1.165, 1.54) is 34.4 Å². The van der Waals surface area contributed by atoms with Gasteiger partial charge in [-0.05, 0) is 55.9 Å². The molecule has 12 heteroatoms. The summed E-state index contributed by atoms with van der Waals surface area (Å²) < 4.78 is 10.9. The number of aryl methyl sites for hydroxylation is 1. The third-order valence-corrected chi connectivity index (χ3v) is 8.59. The first kappa shape index (κ1) is 26.1. The highest BCUT2D eigenvalue weighted by atomic mass is 32.2. The predicted octanol–water partition coefficient (Wildman–Crippen LogP) is 4.58. The summed E-state index contributed by atoms with van der Waals surface area (Å²) in [7, 11) is 1.59. The molecule has 2 amide bonds. The molecule has 190 valence electrons. The summed E-state index contributed by atoms with van der Waals surface area (Å²) in [4.78, 5) is 38.7.